The van der Waals surface area contributed by atoms with E-state index < -0.39 is 0 Å². The summed E-state index contributed by atoms with van der Waals surface area (Å²) in [6, 6.07) is 13.8. The number of hydrogen-bond donors (Lipinski definition) is 1. The number of amides is 1. The van der Waals surface area contributed by atoms with Gasteiger partial charge in [0.1, 0.15) is 12.1 Å². The molecule has 4 aromatic rings. The number of nitrogens with one attached hydrogen (secondary N) is 1. The molecule has 1 fully saturated rings. The molecule has 1 amide bonds. The fourth-order valence-electron chi connectivity index (χ4n) is 4.11. The van der Waals surface area contributed by atoms with Gasteiger partial charge in [0, 0.05) is 25.2 Å². The van der Waals surface area contributed by atoms with Gasteiger partial charge in [-0.15, -0.1) is 0 Å². The minimum Gasteiger partial charge on any atom is -0.356 e. The summed E-state index contributed by atoms with van der Waals surface area (Å²) in [6.45, 7) is 3.09. The standard InChI is InChI=1S/C23H24N6O/c30-23(19-9-8-17-6-2-3-7-18(17)14-19)24-10-13-29-22-20(15-27-29)21(25-16-26-22)28-11-4-1-5-12-28/h2-3,6-9,14-16H,1,4-5,10-13H2,(H,24,30). The van der Waals surface area contributed by atoms with Gasteiger partial charge >= 0.3 is 0 Å². The fraction of sp³-hybridized carbons (Fsp3) is 0.304. The van der Waals surface area contributed by atoms with Crippen LogP contribution in [0.5, 0.6) is 0 Å². The lowest BCUT2D eigenvalue weighted by Gasteiger charge is -2.27. The molecule has 7 heteroatoms. The summed E-state index contributed by atoms with van der Waals surface area (Å²) in [4.78, 5) is 23.8. The van der Waals surface area contributed by atoms with E-state index in [1.807, 2.05) is 53.3 Å². The van der Waals surface area contributed by atoms with Crippen molar-refractivity contribution in [2.24, 2.45) is 0 Å². The van der Waals surface area contributed by atoms with Gasteiger partial charge in [0.2, 0.25) is 0 Å². The molecule has 0 unspecified atom stereocenters. The van der Waals surface area contributed by atoms with E-state index in [2.05, 4.69) is 25.3 Å². The Labute approximate surface area is 174 Å². The van der Waals surface area contributed by atoms with Crippen LogP contribution in [-0.2, 0) is 6.54 Å². The zero-order chi connectivity index (χ0) is 20.3. The minimum absolute atomic E-state index is 0.0825. The molecule has 2 aromatic heterocycles. The van der Waals surface area contributed by atoms with Crippen LogP contribution >= 0.6 is 0 Å². The summed E-state index contributed by atoms with van der Waals surface area (Å²) >= 11 is 0. The maximum atomic E-state index is 12.6. The molecule has 5 rings (SSSR count). The lowest BCUT2D eigenvalue weighted by molar-refractivity contribution is 0.0952. The molecular weight excluding hydrogens is 376 g/mol. The first-order valence-corrected chi connectivity index (χ1v) is 10.5. The number of nitrogens with zero attached hydrogens (tertiary/aromatic N) is 5. The van der Waals surface area contributed by atoms with Crippen molar-refractivity contribution in [1.29, 1.82) is 0 Å². The molecule has 7 nitrogen and oxygen atoms in total. The number of benzene rings is 2. The van der Waals surface area contributed by atoms with E-state index in [0.717, 1.165) is 40.7 Å². The average Bonchev–Trinajstić information content (AvgIpc) is 3.22. The van der Waals surface area contributed by atoms with Crippen LogP contribution in [0.2, 0.25) is 0 Å². The molecule has 1 aliphatic rings. The van der Waals surface area contributed by atoms with Gasteiger partial charge in [-0.25, -0.2) is 14.6 Å². The second kappa shape index (κ2) is 8.10. The van der Waals surface area contributed by atoms with Gasteiger partial charge in [-0.2, -0.15) is 5.10 Å². The Kier molecular flexibility index (Phi) is 5.01. The van der Waals surface area contributed by atoms with E-state index in [9.17, 15) is 4.79 Å². The van der Waals surface area contributed by atoms with Crippen LogP contribution in [0, 0.1) is 0 Å². The molecule has 152 valence electrons. The molecule has 0 radical (unpaired) electrons. The molecule has 0 bridgehead atoms. The summed E-state index contributed by atoms with van der Waals surface area (Å²) in [7, 11) is 0. The first-order chi connectivity index (χ1) is 14.8. The Balaban J connectivity index is 1.27. The van der Waals surface area contributed by atoms with Gasteiger partial charge in [-0.3, -0.25) is 4.79 Å². The number of rotatable bonds is 5. The van der Waals surface area contributed by atoms with Crippen LogP contribution < -0.4 is 10.2 Å². The van der Waals surface area contributed by atoms with E-state index >= 15 is 0 Å². The van der Waals surface area contributed by atoms with Crippen molar-refractivity contribution < 1.29 is 4.79 Å². The summed E-state index contributed by atoms with van der Waals surface area (Å²) in [5, 5.41) is 10.6. The predicted molar refractivity (Wildman–Crippen MR) is 118 cm³/mol. The van der Waals surface area contributed by atoms with Crippen molar-refractivity contribution in [3.63, 3.8) is 0 Å². The molecule has 1 saturated heterocycles. The van der Waals surface area contributed by atoms with Crippen LogP contribution in [0.4, 0.5) is 5.82 Å². The summed E-state index contributed by atoms with van der Waals surface area (Å²) in [6.07, 6.45) is 7.12. The van der Waals surface area contributed by atoms with Crippen LogP contribution in [0.25, 0.3) is 21.8 Å². The highest BCUT2D eigenvalue weighted by Crippen LogP contribution is 2.25. The summed E-state index contributed by atoms with van der Waals surface area (Å²) in [5.74, 6) is 0.881. The number of hydrogen-bond acceptors (Lipinski definition) is 5. The smallest absolute Gasteiger partial charge is 0.251 e. The van der Waals surface area contributed by atoms with Gasteiger partial charge in [0.25, 0.3) is 5.91 Å². The number of fused-ring (bicyclic) bond motifs is 2. The van der Waals surface area contributed by atoms with Crippen molar-refractivity contribution in [3.8, 4) is 0 Å². The number of carbonyl (C=O) groups excluding carboxylic acids is 1. The van der Waals surface area contributed by atoms with E-state index in [1.165, 1.54) is 19.3 Å². The third kappa shape index (κ3) is 3.58. The van der Waals surface area contributed by atoms with Crippen LogP contribution in [0.1, 0.15) is 29.6 Å². The Hall–Kier alpha value is -3.48. The zero-order valence-electron chi connectivity index (χ0n) is 16.8. The third-order valence-corrected chi connectivity index (χ3v) is 5.69. The first kappa shape index (κ1) is 18.5. The molecule has 1 N–H and O–H groups in total. The normalized spacial score (nSPS) is 14.3. The van der Waals surface area contributed by atoms with Gasteiger partial charge in [-0.1, -0.05) is 30.3 Å². The van der Waals surface area contributed by atoms with E-state index in [0.29, 0.717) is 18.7 Å². The first-order valence-electron chi connectivity index (χ1n) is 10.5. The van der Waals surface area contributed by atoms with Gasteiger partial charge in [-0.05, 0) is 42.2 Å². The van der Waals surface area contributed by atoms with Crippen molar-refractivity contribution in [3.05, 3.63) is 60.6 Å². The van der Waals surface area contributed by atoms with Crippen LogP contribution in [0.15, 0.2) is 55.0 Å². The molecule has 0 spiro atoms. The second-order valence-electron chi connectivity index (χ2n) is 7.67. The number of anilines is 1. The highest BCUT2D eigenvalue weighted by Gasteiger charge is 2.17. The molecule has 0 atom stereocenters. The Morgan fingerprint density at radius 3 is 2.70 bits per heavy atom. The van der Waals surface area contributed by atoms with Gasteiger partial charge in [0.15, 0.2) is 5.65 Å². The SMILES string of the molecule is O=C(NCCn1ncc2c(N3CCCCC3)ncnc21)c1ccc2ccccc2c1. The topological polar surface area (TPSA) is 75.9 Å². The number of carbonyl (C=O) groups is 1. The van der Waals surface area contributed by atoms with Crippen molar-refractivity contribution in [2.75, 3.05) is 24.5 Å². The van der Waals surface area contributed by atoms with E-state index in [1.54, 1.807) is 6.33 Å². The third-order valence-electron chi connectivity index (χ3n) is 5.69. The predicted octanol–water partition coefficient (Wildman–Crippen LogP) is 3.40. The molecule has 2 aromatic carbocycles. The van der Waals surface area contributed by atoms with E-state index in [-0.39, 0.29) is 5.91 Å². The van der Waals surface area contributed by atoms with Crippen LogP contribution in [0.3, 0.4) is 0 Å². The Morgan fingerprint density at radius 2 is 1.83 bits per heavy atom. The Bertz CT molecular complexity index is 1190. The monoisotopic (exact) mass is 400 g/mol. The molecule has 30 heavy (non-hydrogen) atoms. The zero-order valence-corrected chi connectivity index (χ0v) is 16.8. The largest absolute Gasteiger partial charge is 0.356 e. The van der Waals surface area contributed by atoms with E-state index in [4.69, 9.17) is 0 Å². The lowest BCUT2D eigenvalue weighted by atomic mass is 10.1. The molecule has 1 aliphatic heterocycles. The molecular formula is C23H24N6O. The van der Waals surface area contributed by atoms with Crippen molar-refractivity contribution >= 4 is 33.5 Å². The number of aromatic nitrogens is 4. The summed E-state index contributed by atoms with van der Waals surface area (Å²) in [5.41, 5.74) is 1.47. The second-order valence-corrected chi connectivity index (χ2v) is 7.67. The minimum atomic E-state index is -0.0825. The lowest BCUT2D eigenvalue weighted by Crippen LogP contribution is -2.30. The maximum Gasteiger partial charge on any atom is 0.251 e. The average molecular weight is 400 g/mol. The summed E-state index contributed by atoms with van der Waals surface area (Å²) < 4.78 is 1.84. The highest BCUT2D eigenvalue weighted by atomic mass is 16.1. The van der Waals surface area contributed by atoms with Gasteiger partial charge < -0.3 is 10.2 Å². The fourth-order valence-corrected chi connectivity index (χ4v) is 4.11. The van der Waals surface area contributed by atoms with Gasteiger partial charge in [0.05, 0.1) is 18.1 Å². The van der Waals surface area contributed by atoms with Crippen LogP contribution in [-0.4, -0.2) is 45.3 Å². The molecule has 0 aliphatic carbocycles. The maximum absolute atomic E-state index is 12.6. The highest BCUT2D eigenvalue weighted by molar-refractivity contribution is 5.98. The van der Waals surface area contributed by atoms with Crippen molar-refractivity contribution in [2.45, 2.75) is 25.8 Å². The molecule has 3 heterocycles. The molecule has 0 saturated carbocycles. The Morgan fingerprint density at radius 1 is 1.00 bits per heavy atom. The quantitative estimate of drug-likeness (QED) is 0.556. The van der Waals surface area contributed by atoms with Crippen molar-refractivity contribution in [1.82, 2.24) is 25.1 Å². The number of piperidine rings is 1.